The molecule has 1 aliphatic carbocycles. The molecule has 100 valence electrons. The molecule has 0 bridgehead atoms. The topological polar surface area (TPSA) is 29.1 Å². The largest absolute Gasteiger partial charge is 0.317 e. The second-order valence-electron chi connectivity index (χ2n) is 4.85. The summed E-state index contributed by atoms with van der Waals surface area (Å²) in [5.74, 6) is 0.794. The molecule has 0 spiro atoms. The van der Waals surface area contributed by atoms with Gasteiger partial charge in [-0.05, 0) is 44.4 Å². The predicted octanol–water partition coefficient (Wildman–Crippen LogP) is 2.71. The highest BCUT2D eigenvalue weighted by atomic mass is 32.2. The van der Waals surface area contributed by atoms with Gasteiger partial charge in [-0.3, -0.25) is 4.21 Å². The SMILES string of the molecule is CNC1CCCC1CCS(=O)c1ccccc1F. The van der Waals surface area contributed by atoms with E-state index in [2.05, 4.69) is 5.32 Å². The van der Waals surface area contributed by atoms with E-state index in [1.165, 1.54) is 25.3 Å². The maximum atomic E-state index is 13.5. The van der Waals surface area contributed by atoms with E-state index >= 15 is 0 Å². The number of rotatable bonds is 5. The van der Waals surface area contributed by atoms with Gasteiger partial charge in [-0.1, -0.05) is 18.6 Å². The van der Waals surface area contributed by atoms with Gasteiger partial charge in [0.15, 0.2) is 0 Å². The summed E-state index contributed by atoms with van der Waals surface area (Å²) >= 11 is 0. The molecule has 1 fully saturated rings. The maximum absolute atomic E-state index is 13.5. The van der Waals surface area contributed by atoms with Crippen molar-refractivity contribution in [3.05, 3.63) is 30.1 Å². The highest BCUT2D eigenvalue weighted by Gasteiger charge is 2.26. The zero-order valence-corrected chi connectivity index (χ0v) is 11.5. The van der Waals surface area contributed by atoms with Crippen LogP contribution >= 0.6 is 0 Å². The summed E-state index contributed by atoms with van der Waals surface area (Å²) in [6, 6.07) is 6.91. The van der Waals surface area contributed by atoms with Gasteiger partial charge in [0, 0.05) is 11.8 Å². The first-order valence-electron chi connectivity index (χ1n) is 6.52. The highest BCUT2D eigenvalue weighted by Crippen LogP contribution is 2.28. The monoisotopic (exact) mass is 269 g/mol. The summed E-state index contributed by atoms with van der Waals surface area (Å²) < 4.78 is 25.5. The number of hydrogen-bond acceptors (Lipinski definition) is 2. The Bertz CT molecular complexity index is 424. The normalized spacial score (nSPS) is 25.2. The third kappa shape index (κ3) is 3.18. The Morgan fingerprint density at radius 1 is 1.39 bits per heavy atom. The van der Waals surface area contributed by atoms with Crippen LogP contribution in [0.15, 0.2) is 29.2 Å². The molecular weight excluding hydrogens is 249 g/mol. The number of benzene rings is 1. The summed E-state index contributed by atoms with van der Waals surface area (Å²) in [6.45, 7) is 0. The first kappa shape index (κ1) is 13.7. The standard InChI is InChI=1S/C14H20FNOS/c1-16-13-7-4-5-11(13)9-10-18(17)14-8-3-2-6-12(14)15/h2-3,6,8,11,13,16H,4-5,7,9-10H2,1H3. The molecule has 0 heterocycles. The van der Waals surface area contributed by atoms with Gasteiger partial charge in [-0.15, -0.1) is 0 Å². The van der Waals surface area contributed by atoms with Crippen molar-refractivity contribution in [1.82, 2.24) is 5.32 Å². The van der Waals surface area contributed by atoms with Crippen molar-refractivity contribution in [2.75, 3.05) is 12.8 Å². The quantitative estimate of drug-likeness (QED) is 0.890. The van der Waals surface area contributed by atoms with E-state index in [1.54, 1.807) is 18.2 Å². The van der Waals surface area contributed by atoms with Gasteiger partial charge in [-0.2, -0.15) is 0 Å². The van der Waals surface area contributed by atoms with Gasteiger partial charge in [-0.25, -0.2) is 4.39 Å². The molecule has 4 heteroatoms. The molecule has 2 rings (SSSR count). The summed E-state index contributed by atoms with van der Waals surface area (Å²) in [6.07, 6.45) is 4.54. The maximum Gasteiger partial charge on any atom is 0.139 e. The van der Waals surface area contributed by atoms with Crippen molar-refractivity contribution in [1.29, 1.82) is 0 Å². The lowest BCUT2D eigenvalue weighted by Crippen LogP contribution is -2.29. The van der Waals surface area contributed by atoms with Crippen molar-refractivity contribution >= 4 is 10.8 Å². The Labute approximate surface area is 110 Å². The third-order valence-electron chi connectivity index (χ3n) is 3.79. The van der Waals surface area contributed by atoms with E-state index in [4.69, 9.17) is 0 Å². The summed E-state index contributed by atoms with van der Waals surface area (Å²) in [5, 5.41) is 3.32. The Balaban J connectivity index is 1.91. The second-order valence-corrected chi connectivity index (χ2v) is 6.39. The lowest BCUT2D eigenvalue weighted by Gasteiger charge is -2.18. The Kier molecular flexibility index (Phi) is 4.89. The Hall–Kier alpha value is -0.740. The summed E-state index contributed by atoms with van der Waals surface area (Å²) in [4.78, 5) is 0.344. The van der Waals surface area contributed by atoms with E-state index < -0.39 is 10.8 Å². The first-order valence-corrected chi connectivity index (χ1v) is 7.84. The zero-order valence-electron chi connectivity index (χ0n) is 10.7. The number of halogens is 1. The van der Waals surface area contributed by atoms with Gasteiger partial charge < -0.3 is 5.32 Å². The Morgan fingerprint density at radius 3 is 2.89 bits per heavy atom. The second kappa shape index (κ2) is 6.43. The van der Waals surface area contributed by atoms with Crippen molar-refractivity contribution in [2.24, 2.45) is 5.92 Å². The van der Waals surface area contributed by atoms with Crippen LogP contribution in [0.4, 0.5) is 4.39 Å². The van der Waals surface area contributed by atoms with Crippen molar-refractivity contribution < 1.29 is 8.60 Å². The van der Waals surface area contributed by atoms with Crippen molar-refractivity contribution in [3.63, 3.8) is 0 Å². The molecular formula is C14H20FNOS. The van der Waals surface area contributed by atoms with Crippen LogP contribution in [0.5, 0.6) is 0 Å². The molecule has 1 N–H and O–H groups in total. The van der Waals surface area contributed by atoms with E-state index in [-0.39, 0.29) is 5.82 Å². The average molecular weight is 269 g/mol. The van der Waals surface area contributed by atoms with E-state index in [0.29, 0.717) is 22.6 Å². The van der Waals surface area contributed by atoms with Crippen LogP contribution in [-0.4, -0.2) is 23.1 Å². The van der Waals surface area contributed by atoms with Crippen LogP contribution in [0.2, 0.25) is 0 Å². The van der Waals surface area contributed by atoms with Crippen LogP contribution < -0.4 is 5.32 Å². The molecule has 3 unspecified atom stereocenters. The lowest BCUT2D eigenvalue weighted by molar-refractivity contribution is 0.416. The molecule has 0 amide bonds. The summed E-state index contributed by atoms with van der Waals surface area (Å²) in [7, 11) is 0.772. The van der Waals surface area contributed by atoms with E-state index in [0.717, 1.165) is 6.42 Å². The zero-order chi connectivity index (χ0) is 13.0. The number of nitrogens with one attached hydrogen (secondary N) is 1. The first-order chi connectivity index (χ1) is 8.72. The molecule has 3 atom stereocenters. The molecule has 2 nitrogen and oxygen atoms in total. The average Bonchev–Trinajstić information content (AvgIpc) is 2.84. The molecule has 1 aromatic carbocycles. The van der Waals surface area contributed by atoms with Crippen LogP contribution in [0, 0.1) is 11.7 Å². The fourth-order valence-corrected chi connectivity index (χ4v) is 4.01. The fourth-order valence-electron chi connectivity index (χ4n) is 2.76. The minimum atomic E-state index is -1.21. The molecule has 0 aliphatic heterocycles. The molecule has 1 aromatic rings. The van der Waals surface area contributed by atoms with Gasteiger partial charge in [0.05, 0.1) is 15.7 Å². The molecule has 0 radical (unpaired) electrons. The van der Waals surface area contributed by atoms with Gasteiger partial charge in [0.25, 0.3) is 0 Å². The molecule has 1 saturated carbocycles. The number of hydrogen-bond donors (Lipinski definition) is 1. The van der Waals surface area contributed by atoms with Crippen molar-refractivity contribution in [2.45, 2.75) is 36.6 Å². The molecule has 0 aromatic heterocycles. The van der Waals surface area contributed by atoms with Crippen molar-refractivity contribution in [3.8, 4) is 0 Å². The van der Waals surface area contributed by atoms with Crippen LogP contribution in [-0.2, 0) is 10.8 Å². The summed E-state index contributed by atoms with van der Waals surface area (Å²) in [5.41, 5.74) is 0. The third-order valence-corrected chi connectivity index (χ3v) is 5.21. The fraction of sp³-hybridized carbons (Fsp3) is 0.571. The highest BCUT2D eigenvalue weighted by molar-refractivity contribution is 7.85. The lowest BCUT2D eigenvalue weighted by atomic mass is 10.0. The van der Waals surface area contributed by atoms with E-state index in [1.807, 2.05) is 7.05 Å². The smallest absolute Gasteiger partial charge is 0.139 e. The Morgan fingerprint density at radius 2 is 2.17 bits per heavy atom. The van der Waals surface area contributed by atoms with Gasteiger partial charge in [0.1, 0.15) is 5.82 Å². The molecule has 18 heavy (non-hydrogen) atoms. The van der Waals surface area contributed by atoms with Crippen LogP contribution in [0.25, 0.3) is 0 Å². The molecule has 1 aliphatic rings. The minimum absolute atomic E-state index is 0.344. The van der Waals surface area contributed by atoms with E-state index in [9.17, 15) is 8.60 Å². The van der Waals surface area contributed by atoms with Gasteiger partial charge in [0.2, 0.25) is 0 Å². The van der Waals surface area contributed by atoms with Crippen LogP contribution in [0.1, 0.15) is 25.7 Å². The van der Waals surface area contributed by atoms with Crippen LogP contribution in [0.3, 0.4) is 0 Å². The van der Waals surface area contributed by atoms with Gasteiger partial charge >= 0.3 is 0 Å². The molecule has 0 saturated heterocycles. The predicted molar refractivity (Wildman–Crippen MR) is 72.5 cm³/mol. The minimum Gasteiger partial charge on any atom is -0.317 e.